The predicted octanol–water partition coefficient (Wildman–Crippen LogP) is 5.68. The average molecular weight is 393 g/mol. The Kier molecular flexibility index (Phi) is 5.79. The van der Waals surface area contributed by atoms with Crippen molar-refractivity contribution < 1.29 is 13.2 Å². The number of benzene rings is 1. The minimum absolute atomic E-state index is 0.304. The number of alkyl halides is 3. The van der Waals surface area contributed by atoms with E-state index in [4.69, 9.17) is 4.99 Å². The highest BCUT2D eigenvalue weighted by Crippen LogP contribution is 2.33. The van der Waals surface area contributed by atoms with Crippen molar-refractivity contribution in [1.29, 1.82) is 0 Å². The van der Waals surface area contributed by atoms with Crippen LogP contribution in [-0.4, -0.2) is 28.8 Å². The first-order valence-electron chi connectivity index (χ1n) is 8.80. The second-order valence-electron chi connectivity index (χ2n) is 6.86. The number of hydrogen-bond acceptors (Lipinski definition) is 3. The Bertz CT molecular complexity index is 841. The molecule has 0 amide bonds. The van der Waals surface area contributed by atoms with Crippen LogP contribution in [0, 0.1) is 20.8 Å². The van der Waals surface area contributed by atoms with Gasteiger partial charge in [0.2, 0.25) is 0 Å². The number of aliphatic imine (C=N–C) groups is 1. The molecule has 7 heteroatoms. The Morgan fingerprint density at radius 1 is 1.19 bits per heavy atom. The fourth-order valence-electron chi connectivity index (χ4n) is 2.58. The summed E-state index contributed by atoms with van der Waals surface area (Å²) in [7, 11) is 0. The molecule has 3 rings (SSSR count). The molecule has 0 atom stereocenters. The Labute approximate surface area is 161 Å². The molecule has 0 radical (unpaired) electrons. The van der Waals surface area contributed by atoms with Crippen molar-refractivity contribution in [1.82, 2.24) is 4.98 Å². The number of pyridine rings is 1. The zero-order chi connectivity index (χ0) is 19.6. The van der Waals surface area contributed by atoms with Gasteiger partial charge in [-0.2, -0.15) is 13.2 Å². The van der Waals surface area contributed by atoms with E-state index in [1.165, 1.54) is 0 Å². The third-order valence-electron chi connectivity index (χ3n) is 4.21. The molecule has 1 aromatic heterocycles. The molecule has 0 aliphatic heterocycles. The highest BCUT2D eigenvalue weighted by atomic mass is 32.2. The predicted molar refractivity (Wildman–Crippen MR) is 105 cm³/mol. The third-order valence-corrected chi connectivity index (χ3v) is 5.43. The maximum absolute atomic E-state index is 12.6. The molecular formula is C20H22F3N3S. The van der Waals surface area contributed by atoms with E-state index in [1.54, 1.807) is 12.3 Å². The van der Waals surface area contributed by atoms with Crippen molar-refractivity contribution in [2.75, 3.05) is 11.1 Å². The van der Waals surface area contributed by atoms with Crippen LogP contribution in [0.2, 0.25) is 0 Å². The van der Waals surface area contributed by atoms with Gasteiger partial charge in [-0.1, -0.05) is 6.07 Å². The van der Waals surface area contributed by atoms with Crippen molar-refractivity contribution in [2.45, 2.75) is 50.7 Å². The van der Waals surface area contributed by atoms with Crippen LogP contribution in [0.15, 0.2) is 40.4 Å². The maximum atomic E-state index is 12.6. The van der Waals surface area contributed by atoms with Crippen LogP contribution in [0.1, 0.15) is 35.2 Å². The molecule has 1 aliphatic rings. The van der Waals surface area contributed by atoms with E-state index in [1.807, 2.05) is 39.0 Å². The number of nitrogens with one attached hydrogen (secondary N) is 1. The van der Waals surface area contributed by atoms with Crippen molar-refractivity contribution in [3.8, 4) is 0 Å². The molecule has 3 nitrogen and oxygen atoms in total. The first-order chi connectivity index (χ1) is 12.7. The first-order valence-corrected chi connectivity index (χ1v) is 9.78. The molecule has 1 aliphatic carbocycles. The van der Waals surface area contributed by atoms with Gasteiger partial charge in [-0.3, -0.25) is 9.98 Å². The molecular weight excluding hydrogens is 371 g/mol. The molecule has 0 saturated heterocycles. The molecule has 1 heterocycles. The Morgan fingerprint density at radius 3 is 2.52 bits per heavy atom. The van der Waals surface area contributed by atoms with Crippen molar-refractivity contribution in [3.63, 3.8) is 0 Å². The van der Waals surface area contributed by atoms with Crippen LogP contribution >= 0.6 is 11.8 Å². The maximum Gasteiger partial charge on any atom is 0.398 e. The molecule has 0 unspecified atom stereocenters. The van der Waals surface area contributed by atoms with Gasteiger partial charge in [0.1, 0.15) is 5.84 Å². The molecule has 2 aromatic rings. The van der Waals surface area contributed by atoms with E-state index >= 15 is 0 Å². The molecule has 1 saturated carbocycles. The quantitative estimate of drug-likeness (QED) is 0.403. The second-order valence-corrected chi connectivity index (χ2v) is 7.88. The van der Waals surface area contributed by atoms with Crippen LogP contribution in [-0.2, 0) is 0 Å². The summed E-state index contributed by atoms with van der Waals surface area (Å²) in [5.74, 6) is -0.190. The van der Waals surface area contributed by atoms with Crippen LogP contribution < -0.4 is 5.32 Å². The first kappa shape index (κ1) is 19.7. The third kappa shape index (κ3) is 5.73. The Hall–Kier alpha value is -2.02. The van der Waals surface area contributed by atoms with E-state index in [2.05, 4.69) is 10.3 Å². The number of thioether (sulfide) groups is 1. The van der Waals surface area contributed by atoms with Gasteiger partial charge < -0.3 is 5.32 Å². The minimum atomic E-state index is -4.19. The number of nitrogens with zero attached hydrogens (tertiary/aromatic N) is 2. The lowest BCUT2D eigenvalue weighted by molar-refractivity contribution is -0.105. The van der Waals surface area contributed by atoms with Crippen LogP contribution in [0.5, 0.6) is 0 Å². The lowest BCUT2D eigenvalue weighted by atomic mass is 10.1. The lowest BCUT2D eigenvalue weighted by Gasteiger charge is -2.16. The number of hydrogen-bond donors (Lipinski definition) is 1. The summed E-state index contributed by atoms with van der Waals surface area (Å²) in [6.45, 7) is 5.69. The molecule has 0 bridgehead atoms. The zero-order valence-electron chi connectivity index (χ0n) is 15.5. The fraction of sp³-hybridized carbons (Fsp3) is 0.400. The summed E-state index contributed by atoms with van der Waals surface area (Å²) in [4.78, 5) is 9.69. The van der Waals surface area contributed by atoms with Gasteiger partial charge in [-0.05, 0) is 62.9 Å². The number of aryl methyl sites for hydroxylation is 3. The molecule has 27 heavy (non-hydrogen) atoms. The highest BCUT2D eigenvalue weighted by Gasteiger charge is 2.28. The van der Waals surface area contributed by atoms with Crippen molar-refractivity contribution in [2.24, 2.45) is 4.99 Å². The Morgan fingerprint density at radius 2 is 1.93 bits per heavy atom. The average Bonchev–Trinajstić information content (AvgIpc) is 3.39. The van der Waals surface area contributed by atoms with Gasteiger partial charge in [-0.25, -0.2) is 0 Å². The van der Waals surface area contributed by atoms with Gasteiger partial charge in [-0.15, -0.1) is 11.8 Å². The molecule has 1 N–H and O–H groups in total. The topological polar surface area (TPSA) is 37.3 Å². The van der Waals surface area contributed by atoms with Gasteiger partial charge in [0, 0.05) is 28.0 Å². The Balaban J connectivity index is 1.88. The molecule has 1 fully saturated rings. The molecule has 1 aromatic carbocycles. The van der Waals surface area contributed by atoms with Gasteiger partial charge in [0.15, 0.2) is 0 Å². The van der Waals surface area contributed by atoms with Gasteiger partial charge >= 0.3 is 6.18 Å². The number of halogens is 3. The second kappa shape index (κ2) is 7.92. The van der Waals surface area contributed by atoms with E-state index in [9.17, 15) is 13.2 Å². The zero-order valence-corrected chi connectivity index (χ0v) is 16.3. The summed E-state index contributed by atoms with van der Waals surface area (Å²) >= 11 is 0.811. The minimum Gasteiger partial charge on any atom is -0.340 e. The van der Waals surface area contributed by atoms with E-state index < -0.39 is 11.9 Å². The molecule has 144 valence electrons. The lowest BCUT2D eigenvalue weighted by Crippen LogP contribution is -2.16. The largest absolute Gasteiger partial charge is 0.398 e. The fourth-order valence-corrected chi connectivity index (χ4v) is 3.39. The summed E-state index contributed by atoms with van der Waals surface area (Å²) in [5.41, 5.74) is 4.36. The summed E-state index contributed by atoms with van der Waals surface area (Å²) < 4.78 is 37.8. The summed E-state index contributed by atoms with van der Waals surface area (Å²) in [6, 6.07) is 7.87. The monoisotopic (exact) mass is 393 g/mol. The molecule has 0 spiro atoms. The number of amidine groups is 1. The van der Waals surface area contributed by atoms with Crippen LogP contribution in [0.25, 0.3) is 0 Å². The smallest absolute Gasteiger partial charge is 0.340 e. The van der Waals surface area contributed by atoms with Crippen LogP contribution in [0.3, 0.4) is 0 Å². The number of aromatic nitrogens is 1. The van der Waals surface area contributed by atoms with Crippen LogP contribution in [0.4, 0.5) is 18.9 Å². The normalized spacial score (nSPS) is 15.1. The standard InChI is InChI=1S/C20H22F3N3S/c1-12-8-13(2)18(27-11-20(21,22)23)9-17(12)26-19(25-16-6-7-16)15-5-4-14(3)24-10-15/h4-5,8-10,16H,6-7,11H2,1-3H3,(H,25,26). The number of rotatable bonds is 5. The number of anilines is 1. The van der Waals surface area contributed by atoms with Crippen molar-refractivity contribution >= 4 is 23.3 Å². The SMILES string of the molecule is Cc1ccc(C(=NC2CC2)Nc2cc(SCC(F)(F)F)c(C)cc2C)cn1. The summed E-state index contributed by atoms with van der Waals surface area (Å²) in [5, 5.41) is 3.33. The summed E-state index contributed by atoms with van der Waals surface area (Å²) in [6.07, 6.45) is -0.303. The van der Waals surface area contributed by atoms with E-state index in [0.717, 1.165) is 52.7 Å². The van der Waals surface area contributed by atoms with E-state index in [0.29, 0.717) is 16.8 Å². The van der Waals surface area contributed by atoms with Gasteiger partial charge in [0.25, 0.3) is 0 Å². The highest BCUT2D eigenvalue weighted by molar-refractivity contribution is 7.99. The van der Waals surface area contributed by atoms with Crippen molar-refractivity contribution in [3.05, 3.63) is 52.8 Å². The van der Waals surface area contributed by atoms with Gasteiger partial charge in [0.05, 0.1) is 11.8 Å². The van der Waals surface area contributed by atoms with E-state index in [-0.39, 0.29) is 0 Å².